The van der Waals surface area contributed by atoms with E-state index in [-0.39, 0.29) is 5.78 Å². The molecule has 0 spiro atoms. The van der Waals surface area contributed by atoms with E-state index >= 15 is 0 Å². The van der Waals surface area contributed by atoms with Crippen molar-refractivity contribution in [2.24, 2.45) is 0 Å². The Labute approximate surface area is 103 Å². The first-order chi connectivity index (χ1) is 8.27. The summed E-state index contributed by atoms with van der Waals surface area (Å²) in [5.41, 5.74) is 1.86. The Kier molecular flexibility index (Phi) is 3.97. The molecule has 0 atom stereocenters. The molecule has 0 amide bonds. The van der Waals surface area contributed by atoms with Crippen molar-refractivity contribution in [1.82, 2.24) is 4.90 Å². The van der Waals surface area contributed by atoms with Crippen LogP contribution in [0, 0.1) is 0 Å². The van der Waals surface area contributed by atoms with Gasteiger partial charge in [-0.3, -0.25) is 4.79 Å². The third-order valence-electron chi connectivity index (χ3n) is 3.25. The van der Waals surface area contributed by atoms with Crippen LogP contribution in [0.5, 0.6) is 0 Å². The van der Waals surface area contributed by atoms with E-state index in [1.54, 1.807) is 6.08 Å². The fourth-order valence-corrected chi connectivity index (χ4v) is 2.21. The smallest absolute Gasteiger partial charge is 0.187 e. The summed E-state index contributed by atoms with van der Waals surface area (Å²) < 4.78 is 0. The second kappa shape index (κ2) is 5.67. The van der Waals surface area contributed by atoms with Crippen LogP contribution in [0.3, 0.4) is 0 Å². The molecule has 2 heteroatoms. The average molecular weight is 229 g/mol. The van der Waals surface area contributed by atoms with Crippen LogP contribution in [-0.2, 0) is 0 Å². The summed E-state index contributed by atoms with van der Waals surface area (Å²) in [7, 11) is 0. The zero-order chi connectivity index (χ0) is 12.1. The minimum atomic E-state index is 0.105. The number of carbonyl (C=O) groups is 1. The average Bonchev–Trinajstić information content (AvgIpc) is 2.40. The number of hydrogen-bond acceptors (Lipinski definition) is 2. The van der Waals surface area contributed by atoms with E-state index in [0.29, 0.717) is 0 Å². The summed E-state index contributed by atoms with van der Waals surface area (Å²) in [6, 6.07) is 9.46. The maximum absolute atomic E-state index is 12.0. The predicted octanol–water partition coefficient (Wildman–Crippen LogP) is 3.26. The lowest BCUT2D eigenvalue weighted by atomic mass is 10.1. The first-order valence-electron chi connectivity index (χ1n) is 6.30. The number of carbonyl (C=O) groups excluding carboxylic acids is 1. The molecule has 0 unspecified atom stereocenters. The van der Waals surface area contributed by atoms with E-state index in [0.717, 1.165) is 24.4 Å². The topological polar surface area (TPSA) is 20.3 Å². The lowest BCUT2D eigenvalue weighted by molar-refractivity contribution is 0.104. The quantitative estimate of drug-likeness (QED) is 0.585. The van der Waals surface area contributed by atoms with Gasteiger partial charge in [0.05, 0.1) is 0 Å². The molecule has 1 aliphatic rings. The van der Waals surface area contributed by atoms with E-state index in [4.69, 9.17) is 0 Å². The Morgan fingerprint density at radius 2 is 1.76 bits per heavy atom. The van der Waals surface area contributed by atoms with Crippen molar-refractivity contribution in [1.29, 1.82) is 0 Å². The molecule has 0 aromatic heterocycles. The van der Waals surface area contributed by atoms with Crippen LogP contribution in [0.15, 0.2) is 42.1 Å². The minimum absolute atomic E-state index is 0.105. The van der Waals surface area contributed by atoms with E-state index in [1.807, 2.05) is 37.3 Å². The van der Waals surface area contributed by atoms with Gasteiger partial charge in [0.15, 0.2) is 5.78 Å². The van der Waals surface area contributed by atoms with E-state index < -0.39 is 0 Å². The Morgan fingerprint density at radius 3 is 2.41 bits per heavy atom. The van der Waals surface area contributed by atoms with Crippen molar-refractivity contribution in [3.63, 3.8) is 0 Å². The molecule has 90 valence electrons. The molecule has 2 nitrogen and oxygen atoms in total. The van der Waals surface area contributed by atoms with Crippen molar-refractivity contribution in [2.75, 3.05) is 13.1 Å². The third kappa shape index (κ3) is 3.19. The Hall–Kier alpha value is -1.57. The molecule has 1 aliphatic heterocycles. The number of rotatable bonds is 3. The predicted molar refractivity (Wildman–Crippen MR) is 70.0 cm³/mol. The fourth-order valence-electron chi connectivity index (χ4n) is 2.21. The van der Waals surface area contributed by atoms with Crippen molar-refractivity contribution < 1.29 is 4.79 Å². The molecule has 0 bridgehead atoms. The summed E-state index contributed by atoms with van der Waals surface area (Å²) in [5.74, 6) is 0.105. The molecule has 0 N–H and O–H groups in total. The van der Waals surface area contributed by atoms with Crippen molar-refractivity contribution in [3.05, 3.63) is 47.7 Å². The van der Waals surface area contributed by atoms with Gasteiger partial charge in [0.25, 0.3) is 0 Å². The molecule has 0 saturated carbocycles. The zero-order valence-electron chi connectivity index (χ0n) is 10.4. The van der Waals surface area contributed by atoms with Gasteiger partial charge >= 0.3 is 0 Å². The second-order valence-electron chi connectivity index (χ2n) is 4.56. The van der Waals surface area contributed by atoms with Crippen LogP contribution < -0.4 is 0 Å². The molecule has 1 heterocycles. The van der Waals surface area contributed by atoms with Gasteiger partial charge in [0, 0.05) is 30.4 Å². The Bertz CT molecular complexity index is 402. The first-order valence-corrected chi connectivity index (χ1v) is 6.30. The Balaban J connectivity index is 2.05. The summed E-state index contributed by atoms with van der Waals surface area (Å²) in [4.78, 5) is 14.3. The highest BCUT2D eigenvalue weighted by atomic mass is 16.1. The number of hydrogen-bond donors (Lipinski definition) is 0. The van der Waals surface area contributed by atoms with Crippen molar-refractivity contribution in [2.45, 2.75) is 26.2 Å². The molecule has 1 saturated heterocycles. The molecular weight excluding hydrogens is 210 g/mol. The van der Waals surface area contributed by atoms with Crippen molar-refractivity contribution >= 4 is 5.78 Å². The standard InChI is InChI=1S/C15H19NO/c1-13(16-10-6-3-7-11-16)12-15(17)14-8-4-2-5-9-14/h2,4-5,8-9,12H,3,6-7,10-11H2,1H3/b13-12-. The number of likely N-dealkylation sites (tertiary alicyclic amines) is 1. The fraction of sp³-hybridized carbons (Fsp3) is 0.400. The number of piperidine rings is 1. The number of ketones is 1. The van der Waals surface area contributed by atoms with Crippen LogP contribution in [0.2, 0.25) is 0 Å². The first kappa shape index (κ1) is 11.9. The SMILES string of the molecule is C/C(=C/C(=O)c1ccccc1)N1CCCCC1. The number of nitrogens with zero attached hydrogens (tertiary/aromatic N) is 1. The Morgan fingerprint density at radius 1 is 1.12 bits per heavy atom. The van der Waals surface area contributed by atoms with Crippen LogP contribution in [-0.4, -0.2) is 23.8 Å². The van der Waals surface area contributed by atoms with Crippen molar-refractivity contribution in [3.8, 4) is 0 Å². The largest absolute Gasteiger partial charge is 0.375 e. The summed E-state index contributed by atoms with van der Waals surface area (Å²) in [6.45, 7) is 4.21. The maximum atomic E-state index is 12.0. The molecule has 1 fully saturated rings. The van der Waals surface area contributed by atoms with Gasteiger partial charge in [-0.2, -0.15) is 0 Å². The third-order valence-corrected chi connectivity index (χ3v) is 3.25. The van der Waals surface area contributed by atoms with Crippen LogP contribution in [0.4, 0.5) is 0 Å². The normalized spacial score (nSPS) is 17.0. The van der Waals surface area contributed by atoms with Crippen LogP contribution in [0.1, 0.15) is 36.5 Å². The summed E-state index contributed by atoms with van der Waals surface area (Å²) in [6.07, 6.45) is 5.56. The molecular formula is C15H19NO. The highest BCUT2D eigenvalue weighted by molar-refractivity contribution is 6.04. The summed E-state index contributed by atoms with van der Waals surface area (Å²) >= 11 is 0. The summed E-state index contributed by atoms with van der Waals surface area (Å²) in [5, 5.41) is 0. The highest BCUT2D eigenvalue weighted by Crippen LogP contribution is 2.15. The minimum Gasteiger partial charge on any atom is -0.375 e. The molecule has 1 aromatic carbocycles. The van der Waals surface area contributed by atoms with Gasteiger partial charge in [-0.15, -0.1) is 0 Å². The van der Waals surface area contributed by atoms with E-state index in [2.05, 4.69) is 4.90 Å². The molecule has 0 radical (unpaired) electrons. The number of allylic oxidation sites excluding steroid dienone is 2. The van der Waals surface area contributed by atoms with Gasteiger partial charge in [-0.05, 0) is 26.2 Å². The second-order valence-corrected chi connectivity index (χ2v) is 4.56. The van der Waals surface area contributed by atoms with Gasteiger partial charge in [-0.1, -0.05) is 30.3 Å². The van der Waals surface area contributed by atoms with Gasteiger partial charge < -0.3 is 4.90 Å². The van der Waals surface area contributed by atoms with E-state index in [9.17, 15) is 4.79 Å². The molecule has 1 aromatic rings. The lowest BCUT2D eigenvalue weighted by Gasteiger charge is -2.29. The van der Waals surface area contributed by atoms with Gasteiger partial charge in [0.2, 0.25) is 0 Å². The molecule has 0 aliphatic carbocycles. The maximum Gasteiger partial charge on any atom is 0.187 e. The highest BCUT2D eigenvalue weighted by Gasteiger charge is 2.11. The van der Waals surface area contributed by atoms with E-state index in [1.165, 1.54) is 19.3 Å². The molecule has 17 heavy (non-hydrogen) atoms. The van der Waals surface area contributed by atoms with Gasteiger partial charge in [0.1, 0.15) is 0 Å². The molecule has 2 rings (SSSR count). The van der Waals surface area contributed by atoms with Gasteiger partial charge in [-0.25, -0.2) is 0 Å². The number of benzene rings is 1. The lowest BCUT2D eigenvalue weighted by Crippen LogP contribution is -2.28. The van der Waals surface area contributed by atoms with Crippen LogP contribution in [0.25, 0.3) is 0 Å². The zero-order valence-corrected chi connectivity index (χ0v) is 10.4. The monoisotopic (exact) mass is 229 g/mol. The van der Waals surface area contributed by atoms with Crippen LogP contribution >= 0.6 is 0 Å².